The number of carbonyl (C=O) groups excluding carboxylic acids is 1. The minimum Gasteiger partial charge on any atom is -0.497 e. The molecule has 0 spiro atoms. The lowest BCUT2D eigenvalue weighted by Gasteiger charge is -2.18. The van der Waals surface area contributed by atoms with Gasteiger partial charge in [0.25, 0.3) is 11.8 Å². The van der Waals surface area contributed by atoms with E-state index in [1.165, 1.54) is 0 Å². The molecule has 0 aliphatic carbocycles. The van der Waals surface area contributed by atoms with Crippen LogP contribution in [-0.2, 0) is 6.42 Å². The molecule has 1 aliphatic rings. The van der Waals surface area contributed by atoms with Crippen molar-refractivity contribution in [3.8, 4) is 17.3 Å². The van der Waals surface area contributed by atoms with E-state index in [0.29, 0.717) is 42.5 Å². The number of methoxy groups -OCH3 is 1. The molecule has 0 saturated carbocycles. The van der Waals surface area contributed by atoms with Gasteiger partial charge in [0, 0.05) is 25.1 Å². The summed E-state index contributed by atoms with van der Waals surface area (Å²) < 4.78 is 12.2. The molecule has 1 unspecified atom stereocenters. The summed E-state index contributed by atoms with van der Waals surface area (Å²) in [6, 6.07) is 5.57. The van der Waals surface area contributed by atoms with E-state index in [-0.39, 0.29) is 11.9 Å². The molecule has 3 heterocycles. The summed E-state index contributed by atoms with van der Waals surface area (Å²) >= 11 is 0. The Morgan fingerprint density at radius 2 is 2.25 bits per heavy atom. The van der Waals surface area contributed by atoms with E-state index in [9.17, 15) is 4.79 Å². The highest BCUT2D eigenvalue weighted by atomic mass is 16.5. The molecular formula is C19H22N6O3. The number of nitrogens with zero attached hydrogens (tertiary/aromatic N) is 6. The molecule has 1 aliphatic heterocycles. The SMILES string of the molecule is CCc1noc(-c2cn(C3CCN(C(=O)c4ccc(OC)cc4C)C3)nn2)n1. The van der Waals surface area contributed by atoms with Gasteiger partial charge in [-0.1, -0.05) is 17.3 Å². The second-order valence-electron chi connectivity index (χ2n) is 6.83. The van der Waals surface area contributed by atoms with E-state index in [1.807, 2.05) is 36.9 Å². The largest absolute Gasteiger partial charge is 0.497 e. The summed E-state index contributed by atoms with van der Waals surface area (Å²) in [5.74, 6) is 1.77. The second-order valence-corrected chi connectivity index (χ2v) is 6.83. The molecule has 0 N–H and O–H groups in total. The Morgan fingerprint density at radius 3 is 2.96 bits per heavy atom. The third-order valence-corrected chi connectivity index (χ3v) is 5.00. The van der Waals surface area contributed by atoms with Gasteiger partial charge in [-0.25, -0.2) is 4.68 Å². The van der Waals surface area contributed by atoms with Crippen LogP contribution < -0.4 is 4.74 Å². The number of hydrogen-bond acceptors (Lipinski definition) is 7. The summed E-state index contributed by atoms with van der Waals surface area (Å²) in [7, 11) is 1.62. The summed E-state index contributed by atoms with van der Waals surface area (Å²) in [5.41, 5.74) is 2.14. The third-order valence-electron chi connectivity index (χ3n) is 5.00. The number of aromatic nitrogens is 5. The molecular weight excluding hydrogens is 360 g/mol. The molecule has 2 aromatic heterocycles. The number of ether oxygens (including phenoxy) is 1. The topological polar surface area (TPSA) is 99.2 Å². The highest BCUT2D eigenvalue weighted by molar-refractivity contribution is 5.96. The Bertz CT molecular complexity index is 995. The molecule has 28 heavy (non-hydrogen) atoms. The first-order valence-electron chi connectivity index (χ1n) is 9.27. The first-order chi connectivity index (χ1) is 13.6. The van der Waals surface area contributed by atoms with Gasteiger partial charge in [-0.15, -0.1) is 5.10 Å². The molecule has 1 aromatic carbocycles. The molecule has 1 atom stereocenters. The van der Waals surface area contributed by atoms with Crippen LogP contribution in [0.5, 0.6) is 5.75 Å². The Labute approximate surface area is 162 Å². The van der Waals surface area contributed by atoms with Crippen LogP contribution in [0.3, 0.4) is 0 Å². The van der Waals surface area contributed by atoms with Crippen molar-refractivity contribution in [1.82, 2.24) is 30.0 Å². The van der Waals surface area contributed by atoms with E-state index in [0.717, 1.165) is 17.7 Å². The number of carbonyl (C=O) groups is 1. The average molecular weight is 382 g/mol. The van der Waals surface area contributed by atoms with E-state index >= 15 is 0 Å². The molecule has 9 nitrogen and oxygen atoms in total. The van der Waals surface area contributed by atoms with E-state index in [4.69, 9.17) is 9.26 Å². The van der Waals surface area contributed by atoms with Crippen LogP contribution in [0.25, 0.3) is 11.6 Å². The third kappa shape index (κ3) is 3.35. The van der Waals surface area contributed by atoms with Crippen LogP contribution in [0.2, 0.25) is 0 Å². The Kier molecular flexibility index (Phi) is 4.81. The van der Waals surface area contributed by atoms with Crippen molar-refractivity contribution in [2.24, 2.45) is 0 Å². The average Bonchev–Trinajstić information content (AvgIpc) is 3.46. The van der Waals surface area contributed by atoms with Gasteiger partial charge < -0.3 is 14.2 Å². The van der Waals surface area contributed by atoms with Crippen molar-refractivity contribution < 1.29 is 14.1 Å². The molecule has 0 radical (unpaired) electrons. The monoisotopic (exact) mass is 382 g/mol. The van der Waals surface area contributed by atoms with Gasteiger partial charge in [0.1, 0.15) is 5.75 Å². The quantitative estimate of drug-likeness (QED) is 0.667. The van der Waals surface area contributed by atoms with E-state index < -0.39 is 0 Å². The maximum atomic E-state index is 12.9. The van der Waals surface area contributed by atoms with E-state index in [2.05, 4.69) is 20.5 Å². The van der Waals surface area contributed by atoms with Crippen LogP contribution in [0.4, 0.5) is 0 Å². The van der Waals surface area contributed by atoms with Gasteiger partial charge in [0.2, 0.25) is 0 Å². The number of rotatable bonds is 5. The summed E-state index contributed by atoms with van der Waals surface area (Å²) in [6.45, 7) is 5.13. The lowest BCUT2D eigenvalue weighted by Crippen LogP contribution is -2.29. The summed E-state index contributed by atoms with van der Waals surface area (Å²) in [4.78, 5) is 19.0. The van der Waals surface area contributed by atoms with Crippen LogP contribution in [-0.4, -0.2) is 56.1 Å². The van der Waals surface area contributed by atoms with Crippen LogP contribution in [0, 0.1) is 6.92 Å². The van der Waals surface area contributed by atoms with Crippen molar-refractivity contribution in [3.05, 3.63) is 41.3 Å². The highest BCUT2D eigenvalue weighted by Gasteiger charge is 2.30. The maximum absolute atomic E-state index is 12.9. The first kappa shape index (κ1) is 18.1. The fourth-order valence-electron chi connectivity index (χ4n) is 3.37. The number of amides is 1. The van der Waals surface area contributed by atoms with Gasteiger partial charge in [-0.2, -0.15) is 4.98 Å². The fourth-order valence-corrected chi connectivity index (χ4v) is 3.37. The van der Waals surface area contributed by atoms with Crippen molar-refractivity contribution in [1.29, 1.82) is 0 Å². The smallest absolute Gasteiger partial charge is 0.280 e. The Morgan fingerprint density at radius 1 is 1.39 bits per heavy atom. The molecule has 9 heteroatoms. The maximum Gasteiger partial charge on any atom is 0.280 e. The molecule has 3 aromatic rings. The number of benzene rings is 1. The van der Waals surface area contributed by atoms with Crippen LogP contribution >= 0.6 is 0 Å². The zero-order valence-corrected chi connectivity index (χ0v) is 16.1. The van der Waals surface area contributed by atoms with Crippen molar-refractivity contribution in [2.75, 3.05) is 20.2 Å². The Balaban J connectivity index is 1.46. The van der Waals surface area contributed by atoms with Gasteiger partial charge in [-0.05, 0) is 37.1 Å². The molecule has 1 saturated heterocycles. The predicted molar refractivity (Wildman–Crippen MR) is 100.0 cm³/mol. The number of aryl methyl sites for hydroxylation is 2. The molecule has 1 fully saturated rings. The Hall–Kier alpha value is -3.23. The number of likely N-dealkylation sites (tertiary alicyclic amines) is 1. The molecule has 146 valence electrons. The minimum absolute atomic E-state index is 0.0208. The standard InChI is InChI=1S/C19H22N6O3/c1-4-17-20-18(28-22-17)16-11-25(23-21-16)13-7-8-24(10-13)19(26)15-6-5-14(27-3)9-12(15)2/h5-6,9,11,13H,4,7-8,10H2,1-3H3. The zero-order chi connectivity index (χ0) is 19.7. The van der Waals surface area contributed by atoms with Gasteiger partial charge in [0.15, 0.2) is 11.5 Å². The zero-order valence-electron chi connectivity index (χ0n) is 16.1. The highest BCUT2D eigenvalue weighted by Crippen LogP contribution is 2.26. The first-order valence-corrected chi connectivity index (χ1v) is 9.27. The van der Waals surface area contributed by atoms with E-state index in [1.54, 1.807) is 18.0 Å². The van der Waals surface area contributed by atoms with Gasteiger partial charge >= 0.3 is 0 Å². The second kappa shape index (κ2) is 7.41. The van der Waals surface area contributed by atoms with Gasteiger partial charge in [0.05, 0.1) is 19.3 Å². The van der Waals surface area contributed by atoms with Crippen molar-refractivity contribution in [2.45, 2.75) is 32.7 Å². The van der Waals surface area contributed by atoms with Crippen LogP contribution in [0.1, 0.15) is 41.1 Å². The summed E-state index contributed by atoms with van der Waals surface area (Å²) in [5, 5.41) is 12.2. The molecule has 0 bridgehead atoms. The molecule has 1 amide bonds. The molecule has 4 rings (SSSR count). The lowest BCUT2D eigenvalue weighted by atomic mass is 10.1. The van der Waals surface area contributed by atoms with Crippen molar-refractivity contribution in [3.63, 3.8) is 0 Å². The minimum atomic E-state index is 0.0208. The van der Waals surface area contributed by atoms with Gasteiger partial charge in [-0.3, -0.25) is 4.79 Å². The van der Waals surface area contributed by atoms with Crippen molar-refractivity contribution >= 4 is 5.91 Å². The lowest BCUT2D eigenvalue weighted by molar-refractivity contribution is 0.0786. The number of hydrogen-bond donors (Lipinski definition) is 0. The predicted octanol–water partition coefficient (Wildman–Crippen LogP) is 2.29. The normalized spacial score (nSPS) is 16.5. The van der Waals surface area contributed by atoms with Crippen LogP contribution in [0.15, 0.2) is 28.9 Å². The summed E-state index contributed by atoms with van der Waals surface area (Å²) in [6.07, 6.45) is 3.31. The fraction of sp³-hybridized carbons (Fsp3) is 0.421.